The lowest BCUT2D eigenvalue weighted by molar-refractivity contribution is -0.138. The number of alkyl halides is 3. The van der Waals surface area contributed by atoms with Crippen molar-refractivity contribution in [2.45, 2.75) is 11.1 Å². The van der Waals surface area contributed by atoms with Gasteiger partial charge in [-0.25, -0.2) is 17.9 Å². The Balaban J connectivity index is 3.32. The Morgan fingerprint density at radius 1 is 1.38 bits per heavy atom. The van der Waals surface area contributed by atoms with Crippen LogP contribution in [0.5, 0.6) is 0 Å². The molecule has 0 saturated carbocycles. The first-order valence-electron chi connectivity index (χ1n) is 5.17. The van der Waals surface area contributed by atoms with Gasteiger partial charge in [-0.2, -0.15) is 13.2 Å². The summed E-state index contributed by atoms with van der Waals surface area (Å²) in [6.45, 7) is -1.61. The number of rotatable bonds is 3. The van der Waals surface area contributed by atoms with E-state index in [-0.39, 0.29) is 9.37 Å². The molecule has 1 aromatic rings. The number of nitrogens with zero attached hydrogens (tertiary/aromatic N) is 1. The summed E-state index contributed by atoms with van der Waals surface area (Å²) in [6.07, 6.45) is -4.67. The highest BCUT2D eigenvalue weighted by atomic mass is 79.9. The van der Waals surface area contributed by atoms with Crippen molar-refractivity contribution in [3.8, 4) is 0 Å². The van der Waals surface area contributed by atoms with Crippen LogP contribution in [-0.4, -0.2) is 39.0 Å². The number of halogens is 5. The highest BCUT2D eigenvalue weighted by molar-refractivity contribution is 9.10. The topological polar surface area (TPSA) is 80.5 Å². The molecule has 1 amide bonds. The third-order valence-corrected chi connectivity index (χ3v) is 3.67. The second kappa shape index (κ2) is 5.89. The van der Waals surface area contributed by atoms with Crippen molar-refractivity contribution in [1.29, 1.82) is 0 Å². The number of sulfonamides is 1. The van der Waals surface area contributed by atoms with Crippen LogP contribution in [0.1, 0.15) is 10.4 Å². The smallest absolute Gasteiger partial charge is 0.333 e. The summed E-state index contributed by atoms with van der Waals surface area (Å²) in [5, 5.41) is 4.78. The average molecular weight is 393 g/mol. The van der Waals surface area contributed by atoms with E-state index in [0.717, 1.165) is 19.2 Å². The number of hydrogen-bond acceptors (Lipinski definition) is 3. The quantitative estimate of drug-likeness (QED) is 0.797. The highest BCUT2D eigenvalue weighted by Gasteiger charge is 2.33. The Labute approximate surface area is 125 Å². The first kappa shape index (κ1) is 17.9. The molecule has 0 aliphatic carbocycles. The van der Waals surface area contributed by atoms with Crippen LogP contribution in [0, 0.1) is 5.82 Å². The van der Waals surface area contributed by atoms with Crippen molar-refractivity contribution in [2.75, 3.05) is 13.6 Å². The lowest BCUT2D eigenvalue weighted by atomic mass is 10.2. The molecular weight excluding hydrogens is 384 g/mol. The molecule has 0 bridgehead atoms. The molecule has 0 aromatic heterocycles. The number of primary sulfonamides is 1. The van der Waals surface area contributed by atoms with Gasteiger partial charge in [0.25, 0.3) is 5.91 Å². The van der Waals surface area contributed by atoms with Gasteiger partial charge in [0.05, 0.1) is 5.56 Å². The van der Waals surface area contributed by atoms with Crippen molar-refractivity contribution >= 4 is 31.9 Å². The lowest BCUT2D eigenvalue weighted by Crippen LogP contribution is -2.36. The zero-order valence-corrected chi connectivity index (χ0v) is 12.8. The number of carbonyl (C=O) groups is 1. The fourth-order valence-electron chi connectivity index (χ4n) is 1.47. The van der Waals surface area contributed by atoms with Crippen LogP contribution in [0.4, 0.5) is 17.6 Å². The number of amides is 1. The van der Waals surface area contributed by atoms with Crippen molar-refractivity contribution < 1.29 is 30.8 Å². The van der Waals surface area contributed by atoms with Gasteiger partial charge in [0.2, 0.25) is 10.0 Å². The SMILES string of the molecule is CN(CC(F)(F)F)C(=O)c1cc(Br)cc(S(N)(=O)=O)c1F. The molecule has 0 aliphatic rings. The van der Waals surface area contributed by atoms with Gasteiger partial charge < -0.3 is 4.90 Å². The molecule has 0 unspecified atom stereocenters. The molecule has 1 aromatic carbocycles. The minimum Gasteiger partial charge on any atom is -0.333 e. The van der Waals surface area contributed by atoms with Crippen LogP contribution in [0.15, 0.2) is 21.5 Å². The van der Waals surface area contributed by atoms with E-state index in [9.17, 15) is 30.8 Å². The summed E-state index contributed by atoms with van der Waals surface area (Å²) in [5.74, 6) is -2.82. The van der Waals surface area contributed by atoms with E-state index < -0.39 is 44.9 Å². The molecule has 1 rings (SSSR count). The maximum atomic E-state index is 14.0. The molecule has 11 heteroatoms. The van der Waals surface area contributed by atoms with Gasteiger partial charge in [-0.1, -0.05) is 15.9 Å². The molecule has 0 fully saturated rings. The second-order valence-electron chi connectivity index (χ2n) is 4.09. The summed E-state index contributed by atoms with van der Waals surface area (Å²) in [4.78, 5) is 11.0. The average Bonchev–Trinajstić information content (AvgIpc) is 2.27. The molecular formula is C10H9BrF4N2O3S. The van der Waals surface area contributed by atoms with Crippen LogP contribution in [0.25, 0.3) is 0 Å². The van der Waals surface area contributed by atoms with Gasteiger partial charge in [-0.15, -0.1) is 0 Å². The number of hydrogen-bond donors (Lipinski definition) is 1. The first-order chi connectivity index (χ1) is 9.33. The molecule has 0 radical (unpaired) electrons. The third kappa shape index (κ3) is 4.64. The van der Waals surface area contributed by atoms with Crippen molar-refractivity contribution in [1.82, 2.24) is 4.90 Å². The van der Waals surface area contributed by atoms with E-state index in [1.165, 1.54) is 0 Å². The zero-order chi connectivity index (χ0) is 16.6. The minimum atomic E-state index is -4.67. The van der Waals surface area contributed by atoms with Crippen LogP contribution in [-0.2, 0) is 10.0 Å². The molecule has 5 nitrogen and oxygen atoms in total. The van der Waals surface area contributed by atoms with E-state index in [1.54, 1.807) is 0 Å². The normalized spacial score (nSPS) is 12.3. The van der Waals surface area contributed by atoms with Crippen LogP contribution in [0.2, 0.25) is 0 Å². The number of carbonyl (C=O) groups excluding carboxylic acids is 1. The summed E-state index contributed by atoms with van der Waals surface area (Å²) >= 11 is 2.84. The Morgan fingerprint density at radius 3 is 2.33 bits per heavy atom. The van der Waals surface area contributed by atoms with Crippen molar-refractivity contribution in [3.05, 3.63) is 28.0 Å². The van der Waals surface area contributed by atoms with E-state index in [1.807, 2.05) is 0 Å². The van der Waals surface area contributed by atoms with Crippen LogP contribution >= 0.6 is 15.9 Å². The van der Waals surface area contributed by atoms with E-state index in [2.05, 4.69) is 15.9 Å². The van der Waals surface area contributed by atoms with E-state index >= 15 is 0 Å². The van der Waals surface area contributed by atoms with Gasteiger partial charge >= 0.3 is 6.18 Å². The van der Waals surface area contributed by atoms with Gasteiger partial charge in [-0.05, 0) is 12.1 Å². The predicted octanol–water partition coefficient (Wildman–Crippen LogP) is 1.87. The Morgan fingerprint density at radius 2 is 1.90 bits per heavy atom. The second-order valence-corrected chi connectivity index (χ2v) is 6.53. The molecule has 0 aliphatic heterocycles. The number of benzene rings is 1. The monoisotopic (exact) mass is 392 g/mol. The van der Waals surface area contributed by atoms with E-state index in [4.69, 9.17) is 5.14 Å². The van der Waals surface area contributed by atoms with Gasteiger partial charge in [0, 0.05) is 11.5 Å². The predicted molar refractivity (Wildman–Crippen MR) is 68.5 cm³/mol. The van der Waals surface area contributed by atoms with Gasteiger partial charge in [0.1, 0.15) is 11.4 Å². The molecule has 21 heavy (non-hydrogen) atoms. The summed E-state index contributed by atoms with van der Waals surface area (Å²) in [5.41, 5.74) is -0.833. The number of nitrogens with two attached hydrogens (primary N) is 1. The van der Waals surface area contributed by atoms with Crippen molar-refractivity contribution in [2.24, 2.45) is 5.14 Å². The molecule has 118 valence electrons. The first-order valence-corrected chi connectivity index (χ1v) is 7.51. The Kier molecular flexibility index (Phi) is 5.01. The fourth-order valence-corrected chi connectivity index (χ4v) is 2.73. The fraction of sp³-hybridized carbons (Fsp3) is 0.300. The minimum absolute atomic E-state index is 0.0170. The molecule has 0 atom stereocenters. The summed E-state index contributed by atoms with van der Waals surface area (Å²) in [7, 11) is -3.66. The maximum absolute atomic E-state index is 14.0. The van der Waals surface area contributed by atoms with Gasteiger partial charge in [-0.3, -0.25) is 4.79 Å². The van der Waals surface area contributed by atoms with Crippen molar-refractivity contribution in [3.63, 3.8) is 0 Å². The lowest BCUT2D eigenvalue weighted by Gasteiger charge is -2.19. The largest absolute Gasteiger partial charge is 0.406 e. The Hall–Kier alpha value is -1.20. The standard InChI is InChI=1S/C10H9BrF4N2O3S/c1-17(4-10(13,14)15)9(18)6-2-5(11)3-7(8(6)12)21(16,19)20/h2-3H,4H2,1H3,(H2,16,19,20). The summed E-state index contributed by atoms with van der Waals surface area (Å²) < 4.78 is 73.0. The highest BCUT2D eigenvalue weighted by Crippen LogP contribution is 2.25. The molecule has 0 heterocycles. The van der Waals surface area contributed by atoms with Crippen LogP contribution < -0.4 is 5.14 Å². The Bertz CT molecular complexity index is 676. The maximum Gasteiger partial charge on any atom is 0.406 e. The van der Waals surface area contributed by atoms with Gasteiger partial charge in [0.15, 0.2) is 5.82 Å². The molecule has 2 N–H and O–H groups in total. The third-order valence-electron chi connectivity index (χ3n) is 2.30. The molecule has 0 spiro atoms. The van der Waals surface area contributed by atoms with E-state index in [0.29, 0.717) is 0 Å². The summed E-state index contributed by atoms with van der Waals surface area (Å²) in [6, 6.07) is 1.68. The zero-order valence-electron chi connectivity index (χ0n) is 10.4. The molecule has 0 saturated heterocycles. The van der Waals surface area contributed by atoms with Crippen LogP contribution in [0.3, 0.4) is 0 Å².